The van der Waals surface area contributed by atoms with E-state index in [2.05, 4.69) is 22.1 Å². The second-order valence-electron chi connectivity index (χ2n) is 8.08. The number of thiazole rings is 1. The largest absolute Gasteiger partial charge is 0.343 e. The number of hydrogen-bond donors (Lipinski definition) is 1. The van der Waals surface area contributed by atoms with Crippen LogP contribution in [0.3, 0.4) is 0 Å². The highest BCUT2D eigenvalue weighted by molar-refractivity contribution is 7.19. The maximum atomic E-state index is 13.2. The van der Waals surface area contributed by atoms with Crippen LogP contribution in [0.1, 0.15) is 65.2 Å². The fourth-order valence-electron chi connectivity index (χ4n) is 4.38. The molecule has 6 nitrogen and oxygen atoms in total. The van der Waals surface area contributed by atoms with Crippen molar-refractivity contribution >= 4 is 40.0 Å². The van der Waals surface area contributed by atoms with E-state index < -0.39 is 0 Å². The minimum Gasteiger partial charge on any atom is -0.343 e. The Bertz CT molecular complexity index is 667. The summed E-state index contributed by atoms with van der Waals surface area (Å²) in [6.07, 6.45) is 9.14. The number of piperidine rings is 1. The summed E-state index contributed by atoms with van der Waals surface area (Å²) >= 11 is 7.24. The number of hydrogen-bond acceptors (Lipinski definition) is 4. The summed E-state index contributed by atoms with van der Waals surface area (Å²) in [7, 11) is 0. The third-order valence-corrected chi connectivity index (χ3v) is 7.01. The van der Waals surface area contributed by atoms with Gasteiger partial charge in [0.1, 0.15) is 4.34 Å². The Morgan fingerprint density at radius 3 is 2.43 bits per heavy atom. The van der Waals surface area contributed by atoms with E-state index in [1.807, 2.05) is 11.8 Å². The van der Waals surface area contributed by atoms with Gasteiger partial charge in [-0.15, -0.1) is 0 Å². The molecule has 1 saturated heterocycles. The van der Waals surface area contributed by atoms with Crippen LogP contribution >= 0.6 is 22.9 Å². The predicted molar refractivity (Wildman–Crippen MR) is 114 cm³/mol. The summed E-state index contributed by atoms with van der Waals surface area (Å²) in [6, 6.07) is 0.345. The normalized spacial score (nSPS) is 23.5. The van der Waals surface area contributed by atoms with Crippen LogP contribution in [0.4, 0.5) is 9.93 Å². The number of rotatable bonds is 5. The number of nitrogens with one attached hydrogen (secondary N) is 1. The molecule has 0 bridgehead atoms. The Kier molecular flexibility index (Phi) is 7.57. The Balaban J connectivity index is 1.67. The van der Waals surface area contributed by atoms with Gasteiger partial charge in [0.2, 0.25) is 5.91 Å². The molecular formula is C20H31ClN4O2S. The number of anilines is 1. The van der Waals surface area contributed by atoms with Crippen molar-refractivity contribution in [2.45, 2.75) is 77.3 Å². The molecule has 3 rings (SSSR count). The highest BCUT2D eigenvalue weighted by Gasteiger charge is 2.35. The molecule has 1 aliphatic heterocycles. The molecule has 0 spiro atoms. The fourth-order valence-corrected chi connectivity index (χ4v) is 5.19. The standard InChI is InChI=1S/C20H31ClN4O2S/c1-3-4-18(26)24-11-9-16(10-12-24)25(15-7-5-14(2)6-8-15)20(27)23-19-22-13-17(21)28-19/h13-16H,3-12H2,1-2H3,(H,22,23,27). The molecule has 156 valence electrons. The van der Waals surface area contributed by atoms with Crippen molar-refractivity contribution in [2.75, 3.05) is 18.4 Å². The lowest BCUT2D eigenvalue weighted by molar-refractivity contribution is -0.132. The number of likely N-dealkylation sites (tertiary alicyclic amines) is 1. The molecule has 28 heavy (non-hydrogen) atoms. The number of carbonyl (C=O) groups excluding carboxylic acids is 2. The number of amides is 3. The summed E-state index contributed by atoms with van der Waals surface area (Å²) in [6.45, 7) is 5.79. The first kappa shape index (κ1) is 21.4. The molecule has 0 aromatic carbocycles. The average molecular weight is 427 g/mol. The summed E-state index contributed by atoms with van der Waals surface area (Å²) in [4.78, 5) is 33.6. The lowest BCUT2D eigenvalue weighted by Gasteiger charge is -2.44. The van der Waals surface area contributed by atoms with Crippen LogP contribution in [0.25, 0.3) is 0 Å². The Morgan fingerprint density at radius 2 is 1.86 bits per heavy atom. The van der Waals surface area contributed by atoms with Crippen LogP contribution in [-0.4, -0.2) is 51.9 Å². The molecule has 0 unspecified atom stereocenters. The van der Waals surface area contributed by atoms with Gasteiger partial charge >= 0.3 is 6.03 Å². The zero-order chi connectivity index (χ0) is 20.1. The van der Waals surface area contributed by atoms with Gasteiger partial charge in [0, 0.05) is 31.6 Å². The van der Waals surface area contributed by atoms with Crippen LogP contribution in [0.15, 0.2) is 6.20 Å². The van der Waals surface area contributed by atoms with E-state index in [4.69, 9.17) is 11.6 Å². The molecular weight excluding hydrogens is 396 g/mol. The Labute approximate surface area is 176 Å². The summed E-state index contributed by atoms with van der Waals surface area (Å²) < 4.78 is 0.566. The summed E-state index contributed by atoms with van der Waals surface area (Å²) in [5, 5.41) is 3.49. The quantitative estimate of drug-likeness (QED) is 0.720. The molecule has 1 aromatic rings. The number of urea groups is 1. The molecule has 0 atom stereocenters. The van der Waals surface area contributed by atoms with Gasteiger partial charge in [0.25, 0.3) is 0 Å². The number of aromatic nitrogens is 1. The molecule has 8 heteroatoms. The minimum absolute atomic E-state index is 0.0797. The van der Waals surface area contributed by atoms with Crippen LogP contribution in [0.5, 0.6) is 0 Å². The maximum absolute atomic E-state index is 13.2. The van der Waals surface area contributed by atoms with Crippen molar-refractivity contribution in [3.63, 3.8) is 0 Å². The smallest absolute Gasteiger partial charge is 0.324 e. The monoisotopic (exact) mass is 426 g/mol. The van der Waals surface area contributed by atoms with Gasteiger partial charge in [-0.25, -0.2) is 9.78 Å². The Hall–Kier alpha value is -1.34. The third kappa shape index (κ3) is 5.38. The molecule has 1 aliphatic carbocycles. The van der Waals surface area contributed by atoms with Crippen molar-refractivity contribution < 1.29 is 9.59 Å². The van der Waals surface area contributed by atoms with Crippen LogP contribution in [0.2, 0.25) is 4.34 Å². The molecule has 2 heterocycles. The van der Waals surface area contributed by atoms with E-state index in [1.165, 1.54) is 11.3 Å². The highest BCUT2D eigenvalue weighted by Crippen LogP contribution is 2.32. The van der Waals surface area contributed by atoms with Gasteiger partial charge in [0.15, 0.2) is 5.13 Å². The van der Waals surface area contributed by atoms with Gasteiger partial charge in [-0.2, -0.15) is 0 Å². The van der Waals surface area contributed by atoms with E-state index in [0.29, 0.717) is 15.9 Å². The van der Waals surface area contributed by atoms with Crippen molar-refractivity contribution in [1.82, 2.24) is 14.8 Å². The van der Waals surface area contributed by atoms with E-state index in [1.54, 1.807) is 6.20 Å². The summed E-state index contributed by atoms with van der Waals surface area (Å²) in [5.74, 6) is 0.966. The van der Waals surface area contributed by atoms with Gasteiger partial charge in [0.05, 0.1) is 6.20 Å². The lowest BCUT2D eigenvalue weighted by atomic mass is 9.85. The number of halogens is 1. The van der Waals surface area contributed by atoms with Crippen molar-refractivity contribution in [2.24, 2.45) is 5.92 Å². The van der Waals surface area contributed by atoms with Crippen molar-refractivity contribution in [3.8, 4) is 0 Å². The molecule has 2 aliphatic rings. The van der Waals surface area contributed by atoms with Gasteiger partial charge in [-0.05, 0) is 50.9 Å². The van der Waals surface area contributed by atoms with Gasteiger partial charge in [-0.1, -0.05) is 36.8 Å². The number of nitrogens with zero attached hydrogens (tertiary/aromatic N) is 3. The van der Waals surface area contributed by atoms with Gasteiger partial charge < -0.3 is 9.80 Å². The first-order valence-electron chi connectivity index (χ1n) is 10.5. The minimum atomic E-state index is -0.0797. The number of carbonyl (C=O) groups is 2. The van der Waals surface area contributed by atoms with E-state index in [0.717, 1.165) is 64.0 Å². The molecule has 2 fully saturated rings. The van der Waals surface area contributed by atoms with Crippen LogP contribution in [-0.2, 0) is 4.79 Å². The van der Waals surface area contributed by atoms with Crippen LogP contribution < -0.4 is 5.32 Å². The second-order valence-corrected chi connectivity index (χ2v) is 9.74. The average Bonchev–Trinajstić information content (AvgIpc) is 3.09. The zero-order valence-corrected chi connectivity index (χ0v) is 18.4. The third-order valence-electron chi connectivity index (χ3n) is 5.98. The van der Waals surface area contributed by atoms with Gasteiger partial charge in [-0.3, -0.25) is 10.1 Å². The molecule has 3 amide bonds. The maximum Gasteiger partial charge on any atom is 0.324 e. The lowest BCUT2D eigenvalue weighted by Crippen LogP contribution is -2.54. The molecule has 1 aromatic heterocycles. The fraction of sp³-hybridized carbons (Fsp3) is 0.750. The molecule has 0 radical (unpaired) electrons. The molecule has 1 saturated carbocycles. The first-order valence-corrected chi connectivity index (χ1v) is 11.7. The van der Waals surface area contributed by atoms with E-state index in [-0.39, 0.29) is 24.0 Å². The summed E-state index contributed by atoms with van der Waals surface area (Å²) in [5.41, 5.74) is 0. The predicted octanol–water partition coefficient (Wildman–Crippen LogP) is 5.00. The van der Waals surface area contributed by atoms with Crippen molar-refractivity contribution in [3.05, 3.63) is 10.5 Å². The SMILES string of the molecule is CCCC(=O)N1CCC(N(C(=O)Nc2ncc(Cl)s2)C2CCC(C)CC2)CC1. The topological polar surface area (TPSA) is 65.5 Å². The van der Waals surface area contributed by atoms with Crippen LogP contribution in [0, 0.1) is 5.92 Å². The zero-order valence-electron chi connectivity index (χ0n) is 16.8. The second kappa shape index (κ2) is 9.92. The molecule has 1 N–H and O–H groups in total. The highest BCUT2D eigenvalue weighted by atomic mass is 35.5. The van der Waals surface area contributed by atoms with E-state index in [9.17, 15) is 9.59 Å². The van der Waals surface area contributed by atoms with Crippen molar-refractivity contribution in [1.29, 1.82) is 0 Å². The Morgan fingerprint density at radius 1 is 1.21 bits per heavy atom. The van der Waals surface area contributed by atoms with E-state index >= 15 is 0 Å². The first-order chi connectivity index (χ1) is 13.5.